The van der Waals surface area contributed by atoms with Crippen molar-refractivity contribution < 1.29 is 24.2 Å². The van der Waals surface area contributed by atoms with Gasteiger partial charge >= 0.3 is 5.97 Å². The third-order valence-electron chi connectivity index (χ3n) is 3.12. The normalized spacial score (nSPS) is 10.4. The zero-order valence-corrected chi connectivity index (χ0v) is 13.6. The van der Waals surface area contributed by atoms with Crippen LogP contribution in [0.3, 0.4) is 0 Å². The molecule has 130 valence electrons. The maximum atomic E-state index is 11.8. The number of nitrogens with one attached hydrogen (secondary N) is 1. The van der Waals surface area contributed by atoms with E-state index < -0.39 is 18.5 Å². The van der Waals surface area contributed by atoms with E-state index in [-0.39, 0.29) is 6.61 Å². The lowest BCUT2D eigenvalue weighted by Crippen LogP contribution is -2.24. The van der Waals surface area contributed by atoms with Crippen molar-refractivity contribution in [1.29, 1.82) is 0 Å². The van der Waals surface area contributed by atoms with Gasteiger partial charge in [0.25, 0.3) is 5.91 Å². The third kappa shape index (κ3) is 5.98. The summed E-state index contributed by atoms with van der Waals surface area (Å²) in [4.78, 5) is 22.3. The summed E-state index contributed by atoms with van der Waals surface area (Å²) in [5, 5.41) is 12.5. The summed E-state index contributed by atoms with van der Waals surface area (Å²) in [5.41, 5.74) is 3.83. The molecular formula is C18H18N2O5. The maximum Gasteiger partial charge on any atom is 0.341 e. The van der Waals surface area contributed by atoms with E-state index in [1.165, 1.54) is 6.21 Å². The van der Waals surface area contributed by atoms with E-state index in [0.29, 0.717) is 17.1 Å². The van der Waals surface area contributed by atoms with Gasteiger partial charge in [0.1, 0.15) is 11.5 Å². The van der Waals surface area contributed by atoms with Crippen LogP contribution in [0.5, 0.6) is 11.5 Å². The molecule has 2 aromatic carbocycles. The molecule has 2 rings (SSSR count). The Hall–Kier alpha value is -3.35. The zero-order chi connectivity index (χ0) is 18.1. The molecule has 0 aliphatic rings. The summed E-state index contributed by atoms with van der Waals surface area (Å²) in [6.45, 7) is 1.26. The summed E-state index contributed by atoms with van der Waals surface area (Å²) in [6, 6.07) is 14.1. The number of carbonyl (C=O) groups excluding carboxylic acids is 1. The van der Waals surface area contributed by atoms with Crippen LogP contribution in [0.1, 0.15) is 11.1 Å². The first-order chi connectivity index (χ1) is 12.1. The second-order valence-electron chi connectivity index (χ2n) is 5.07. The lowest BCUT2D eigenvalue weighted by Gasteiger charge is -2.08. The van der Waals surface area contributed by atoms with E-state index in [1.54, 1.807) is 30.3 Å². The molecule has 0 spiro atoms. The van der Waals surface area contributed by atoms with Gasteiger partial charge in [-0.05, 0) is 30.7 Å². The summed E-state index contributed by atoms with van der Waals surface area (Å²) in [7, 11) is 0. The molecule has 25 heavy (non-hydrogen) atoms. The number of hydrogen-bond donors (Lipinski definition) is 2. The highest BCUT2D eigenvalue weighted by Crippen LogP contribution is 2.16. The Kier molecular flexibility index (Phi) is 6.53. The summed E-state index contributed by atoms with van der Waals surface area (Å²) in [5.74, 6) is -0.495. The molecule has 0 unspecified atom stereocenters. The number of carboxylic acids is 1. The molecule has 0 saturated carbocycles. The fourth-order valence-electron chi connectivity index (χ4n) is 1.93. The van der Waals surface area contributed by atoms with Crippen LogP contribution < -0.4 is 14.9 Å². The van der Waals surface area contributed by atoms with E-state index in [0.717, 1.165) is 5.56 Å². The number of carbonyl (C=O) groups is 2. The fraction of sp³-hybridized carbons (Fsp3) is 0.167. The van der Waals surface area contributed by atoms with Crippen molar-refractivity contribution in [2.75, 3.05) is 13.2 Å². The second kappa shape index (κ2) is 9.07. The number of ether oxygens (including phenoxy) is 2. The Balaban J connectivity index is 1.87. The van der Waals surface area contributed by atoms with Gasteiger partial charge in [0.15, 0.2) is 13.2 Å². The minimum Gasteiger partial charge on any atom is -0.483 e. The predicted octanol–water partition coefficient (Wildman–Crippen LogP) is 1.99. The van der Waals surface area contributed by atoms with Crippen LogP contribution in [0.25, 0.3) is 0 Å². The number of nitrogens with zero attached hydrogens (tertiary/aromatic N) is 1. The highest BCUT2D eigenvalue weighted by molar-refractivity contribution is 5.85. The fourth-order valence-corrected chi connectivity index (χ4v) is 1.93. The van der Waals surface area contributed by atoms with Gasteiger partial charge in [-0.3, -0.25) is 4.79 Å². The minimum absolute atomic E-state index is 0.167. The third-order valence-corrected chi connectivity index (χ3v) is 3.12. The largest absolute Gasteiger partial charge is 0.483 e. The van der Waals surface area contributed by atoms with Crippen molar-refractivity contribution in [1.82, 2.24) is 5.43 Å². The van der Waals surface area contributed by atoms with E-state index in [2.05, 4.69) is 10.5 Å². The molecule has 2 aromatic rings. The van der Waals surface area contributed by atoms with Crippen LogP contribution in [-0.2, 0) is 9.59 Å². The number of benzene rings is 2. The standard InChI is InChI=1S/C18H18N2O5/c1-13-6-2-4-8-15(13)24-11-17(21)20-19-10-14-7-3-5-9-16(14)25-12-18(22)23/h2-10H,11-12H2,1H3,(H,20,21)(H,22,23)/b19-10-. The molecule has 0 atom stereocenters. The summed E-state index contributed by atoms with van der Waals surface area (Å²) >= 11 is 0. The van der Waals surface area contributed by atoms with Crippen molar-refractivity contribution >= 4 is 18.1 Å². The van der Waals surface area contributed by atoms with Crippen LogP contribution in [0.15, 0.2) is 53.6 Å². The molecule has 0 radical (unpaired) electrons. The molecule has 7 nitrogen and oxygen atoms in total. The number of amides is 1. The highest BCUT2D eigenvalue weighted by Gasteiger charge is 2.05. The lowest BCUT2D eigenvalue weighted by atomic mass is 10.2. The van der Waals surface area contributed by atoms with Crippen molar-refractivity contribution in [3.8, 4) is 11.5 Å². The summed E-state index contributed by atoms with van der Waals surface area (Å²) < 4.78 is 10.6. The Bertz CT molecular complexity index is 774. The summed E-state index contributed by atoms with van der Waals surface area (Å²) in [6.07, 6.45) is 1.38. The van der Waals surface area contributed by atoms with Gasteiger partial charge in [-0.15, -0.1) is 0 Å². The molecule has 0 heterocycles. The van der Waals surface area contributed by atoms with Gasteiger partial charge in [0, 0.05) is 5.56 Å². The number of hydrogen-bond acceptors (Lipinski definition) is 5. The average Bonchev–Trinajstić information content (AvgIpc) is 2.60. The minimum atomic E-state index is -1.08. The SMILES string of the molecule is Cc1ccccc1OCC(=O)N/N=C\c1ccccc1OCC(=O)O. The Morgan fingerprint density at radius 1 is 1.04 bits per heavy atom. The number of rotatable bonds is 8. The molecule has 0 bridgehead atoms. The second-order valence-corrected chi connectivity index (χ2v) is 5.07. The first kappa shape index (κ1) is 18.0. The lowest BCUT2D eigenvalue weighted by molar-refractivity contribution is -0.139. The number of para-hydroxylation sites is 2. The Morgan fingerprint density at radius 2 is 1.68 bits per heavy atom. The van der Waals surface area contributed by atoms with Crippen LogP contribution >= 0.6 is 0 Å². The van der Waals surface area contributed by atoms with Crippen molar-refractivity contribution in [2.45, 2.75) is 6.92 Å². The van der Waals surface area contributed by atoms with E-state index in [1.807, 2.05) is 25.1 Å². The average molecular weight is 342 g/mol. The molecule has 0 saturated heterocycles. The number of carboxylic acid groups (broad SMARTS) is 1. The molecule has 0 fully saturated rings. The van der Waals surface area contributed by atoms with Gasteiger partial charge in [-0.2, -0.15) is 5.10 Å². The maximum absolute atomic E-state index is 11.8. The van der Waals surface area contributed by atoms with E-state index >= 15 is 0 Å². The van der Waals surface area contributed by atoms with Gasteiger partial charge in [0.2, 0.25) is 0 Å². The number of aliphatic carboxylic acids is 1. The topological polar surface area (TPSA) is 97.2 Å². The van der Waals surface area contributed by atoms with Crippen LogP contribution in [-0.4, -0.2) is 36.4 Å². The van der Waals surface area contributed by atoms with Crippen LogP contribution in [0.2, 0.25) is 0 Å². The highest BCUT2D eigenvalue weighted by atomic mass is 16.5. The molecule has 0 aliphatic carbocycles. The smallest absolute Gasteiger partial charge is 0.341 e. The van der Waals surface area contributed by atoms with Crippen molar-refractivity contribution in [3.05, 3.63) is 59.7 Å². The molecule has 7 heteroatoms. The molecule has 0 aliphatic heterocycles. The van der Waals surface area contributed by atoms with Gasteiger partial charge in [-0.25, -0.2) is 10.2 Å². The molecule has 1 amide bonds. The number of aryl methyl sites for hydroxylation is 1. The van der Waals surface area contributed by atoms with Gasteiger partial charge < -0.3 is 14.6 Å². The zero-order valence-electron chi connectivity index (χ0n) is 13.6. The van der Waals surface area contributed by atoms with Crippen LogP contribution in [0, 0.1) is 6.92 Å². The molecular weight excluding hydrogens is 324 g/mol. The monoisotopic (exact) mass is 342 g/mol. The van der Waals surface area contributed by atoms with Gasteiger partial charge in [-0.1, -0.05) is 30.3 Å². The molecule has 0 aromatic heterocycles. The van der Waals surface area contributed by atoms with E-state index in [9.17, 15) is 9.59 Å². The Morgan fingerprint density at radius 3 is 2.40 bits per heavy atom. The van der Waals surface area contributed by atoms with E-state index in [4.69, 9.17) is 14.6 Å². The molecule has 2 N–H and O–H groups in total. The number of hydrazone groups is 1. The van der Waals surface area contributed by atoms with Crippen molar-refractivity contribution in [2.24, 2.45) is 5.10 Å². The first-order valence-electron chi connectivity index (χ1n) is 7.50. The quantitative estimate of drug-likeness (QED) is 0.565. The van der Waals surface area contributed by atoms with Crippen LogP contribution in [0.4, 0.5) is 0 Å². The predicted molar refractivity (Wildman–Crippen MR) is 92.0 cm³/mol. The van der Waals surface area contributed by atoms with Crippen molar-refractivity contribution in [3.63, 3.8) is 0 Å². The first-order valence-corrected chi connectivity index (χ1v) is 7.50. The van der Waals surface area contributed by atoms with Gasteiger partial charge in [0.05, 0.1) is 6.21 Å². The Labute approximate surface area is 144 Å².